The van der Waals surface area contributed by atoms with E-state index >= 15 is 0 Å². The van der Waals surface area contributed by atoms with Crippen LogP contribution in [0, 0.1) is 0 Å². The van der Waals surface area contributed by atoms with Crippen LogP contribution in [0.25, 0.3) is 0 Å². The van der Waals surface area contributed by atoms with Crippen molar-refractivity contribution in [3.8, 4) is 5.75 Å². The van der Waals surface area contributed by atoms with Gasteiger partial charge in [0.05, 0.1) is 25.8 Å². The second kappa shape index (κ2) is 8.04. The summed E-state index contributed by atoms with van der Waals surface area (Å²) in [5.74, 6) is 0.556. The number of piperazine rings is 1. The van der Waals surface area contributed by atoms with Crippen LogP contribution in [0.15, 0.2) is 53.0 Å². The number of rotatable bonds is 4. The molecule has 0 bridgehead atoms. The highest BCUT2D eigenvalue weighted by molar-refractivity contribution is 9.10. The molecule has 0 unspecified atom stereocenters. The SMILES string of the molecule is COc1ccc(NC(=O)N2CC(=O)N3[C@H](CO)[C@H](c4ccc(Br)cc4)[C@H]3C2)cc1. The Morgan fingerprint density at radius 3 is 2.52 bits per heavy atom. The summed E-state index contributed by atoms with van der Waals surface area (Å²) in [6.45, 7) is 0.327. The fourth-order valence-corrected chi connectivity index (χ4v) is 4.48. The quantitative estimate of drug-likeness (QED) is 0.736. The lowest BCUT2D eigenvalue weighted by atomic mass is 9.74. The zero-order chi connectivity index (χ0) is 20.5. The molecular weight excluding hydrogens is 438 g/mol. The Hall–Kier alpha value is -2.58. The van der Waals surface area contributed by atoms with Crippen molar-refractivity contribution in [2.75, 3.05) is 32.1 Å². The van der Waals surface area contributed by atoms with Crippen LogP contribution < -0.4 is 10.1 Å². The number of anilines is 1. The van der Waals surface area contributed by atoms with E-state index in [0.717, 1.165) is 10.0 Å². The molecule has 7 nitrogen and oxygen atoms in total. The maximum atomic E-state index is 12.7. The van der Waals surface area contributed by atoms with E-state index in [1.54, 1.807) is 36.3 Å². The van der Waals surface area contributed by atoms with Crippen LogP contribution in [0.5, 0.6) is 5.75 Å². The molecular formula is C21H22BrN3O4. The summed E-state index contributed by atoms with van der Waals surface area (Å²) in [4.78, 5) is 28.7. The smallest absolute Gasteiger partial charge is 0.322 e. The number of hydrogen-bond donors (Lipinski definition) is 2. The van der Waals surface area contributed by atoms with Gasteiger partial charge in [-0.25, -0.2) is 4.79 Å². The molecule has 8 heteroatoms. The monoisotopic (exact) mass is 459 g/mol. The summed E-state index contributed by atoms with van der Waals surface area (Å²) in [6.07, 6.45) is 0. The molecule has 0 saturated carbocycles. The third-order valence-electron chi connectivity index (χ3n) is 5.64. The maximum Gasteiger partial charge on any atom is 0.322 e. The Balaban J connectivity index is 1.49. The number of ether oxygens (including phenoxy) is 1. The summed E-state index contributed by atoms with van der Waals surface area (Å²) in [5, 5.41) is 12.7. The molecule has 4 rings (SSSR count). The highest BCUT2D eigenvalue weighted by Crippen LogP contribution is 2.43. The van der Waals surface area contributed by atoms with Gasteiger partial charge >= 0.3 is 6.03 Å². The maximum absolute atomic E-state index is 12.7. The van der Waals surface area contributed by atoms with Gasteiger partial charge in [0.2, 0.25) is 5.91 Å². The molecule has 3 atom stereocenters. The van der Waals surface area contributed by atoms with Crippen molar-refractivity contribution in [1.82, 2.24) is 9.80 Å². The molecule has 2 aromatic rings. The van der Waals surface area contributed by atoms with Crippen LogP contribution in [0.2, 0.25) is 0 Å². The van der Waals surface area contributed by atoms with E-state index < -0.39 is 0 Å². The first kappa shape index (κ1) is 19.7. The third-order valence-corrected chi connectivity index (χ3v) is 6.16. The number of halogens is 1. The van der Waals surface area contributed by atoms with Crippen molar-refractivity contribution < 1.29 is 19.4 Å². The summed E-state index contributed by atoms with van der Waals surface area (Å²) in [6, 6.07) is 14.2. The number of benzene rings is 2. The van der Waals surface area contributed by atoms with E-state index in [1.807, 2.05) is 24.3 Å². The Morgan fingerprint density at radius 1 is 1.21 bits per heavy atom. The van der Waals surface area contributed by atoms with Crippen LogP contribution >= 0.6 is 15.9 Å². The number of fused-ring (bicyclic) bond motifs is 1. The lowest BCUT2D eigenvalue weighted by Gasteiger charge is -2.58. The van der Waals surface area contributed by atoms with Crippen molar-refractivity contribution in [3.63, 3.8) is 0 Å². The van der Waals surface area contributed by atoms with Gasteiger partial charge in [-0.2, -0.15) is 0 Å². The summed E-state index contributed by atoms with van der Waals surface area (Å²) in [5.41, 5.74) is 1.69. The van der Waals surface area contributed by atoms with Crippen molar-refractivity contribution in [3.05, 3.63) is 58.6 Å². The molecule has 2 aromatic carbocycles. The first-order chi connectivity index (χ1) is 14.0. The molecule has 0 aromatic heterocycles. The van der Waals surface area contributed by atoms with Gasteiger partial charge in [0.25, 0.3) is 0 Å². The van der Waals surface area contributed by atoms with Crippen LogP contribution in [0.1, 0.15) is 11.5 Å². The highest BCUT2D eigenvalue weighted by Gasteiger charge is 2.54. The van der Waals surface area contributed by atoms with E-state index in [1.165, 1.54) is 4.90 Å². The van der Waals surface area contributed by atoms with Gasteiger partial charge in [-0.15, -0.1) is 0 Å². The Kier molecular flexibility index (Phi) is 5.47. The average molecular weight is 460 g/mol. The number of carbonyl (C=O) groups is 2. The average Bonchev–Trinajstić information content (AvgIpc) is 2.71. The summed E-state index contributed by atoms with van der Waals surface area (Å²) in [7, 11) is 1.58. The number of nitrogens with zero attached hydrogens (tertiary/aromatic N) is 2. The molecule has 29 heavy (non-hydrogen) atoms. The number of methoxy groups -OCH3 is 1. The van der Waals surface area contributed by atoms with Crippen LogP contribution in [0.3, 0.4) is 0 Å². The number of aliphatic hydroxyl groups excluding tert-OH is 1. The minimum absolute atomic E-state index is 0.00203. The number of urea groups is 1. The fourth-order valence-electron chi connectivity index (χ4n) is 4.22. The zero-order valence-corrected chi connectivity index (χ0v) is 17.5. The minimum Gasteiger partial charge on any atom is -0.497 e. The Bertz CT molecular complexity index is 903. The molecule has 2 saturated heterocycles. The van der Waals surface area contributed by atoms with Crippen LogP contribution in [-0.2, 0) is 4.79 Å². The Labute approximate surface area is 177 Å². The first-order valence-corrected chi connectivity index (χ1v) is 10.2. The molecule has 2 fully saturated rings. The molecule has 0 radical (unpaired) electrons. The van der Waals surface area contributed by atoms with Gasteiger partial charge in [0.15, 0.2) is 0 Å². The predicted molar refractivity (Wildman–Crippen MR) is 112 cm³/mol. The molecule has 2 N–H and O–H groups in total. The van der Waals surface area contributed by atoms with Gasteiger partial charge in [0.1, 0.15) is 12.3 Å². The van der Waals surface area contributed by atoms with Crippen molar-refractivity contribution in [2.24, 2.45) is 0 Å². The lowest BCUT2D eigenvalue weighted by Crippen LogP contribution is -2.73. The van der Waals surface area contributed by atoms with E-state index in [0.29, 0.717) is 18.0 Å². The molecule has 152 valence electrons. The van der Waals surface area contributed by atoms with Crippen molar-refractivity contribution in [2.45, 2.75) is 18.0 Å². The highest BCUT2D eigenvalue weighted by atomic mass is 79.9. The van der Waals surface area contributed by atoms with Gasteiger partial charge in [-0.05, 0) is 42.0 Å². The van der Waals surface area contributed by atoms with E-state index in [2.05, 4.69) is 21.2 Å². The van der Waals surface area contributed by atoms with Gasteiger partial charge < -0.3 is 25.0 Å². The number of aliphatic hydroxyl groups is 1. The van der Waals surface area contributed by atoms with E-state index in [4.69, 9.17) is 4.74 Å². The molecule has 2 heterocycles. The largest absolute Gasteiger partial charge is 0.497 e. The number of carbonyl (C=O) groups excluding carboxylic acids is 2. The summed E-state index contributed by atoms with van der Waals surface area (Å²) >= 11 is 3.43. The van der Waals surface area contributed by atoms with E-state index in [-0.39, 0.29) is 43.1 Å². The van der Waals surface area contributed by atoms with E-state index in [9.17, 15) is 14.7 Å². The lowest BCUT2D eigenvalue weighted by molar-refractivity contribution is -0.159. The second-order valence-electron chi connectivity index (χ2n) is 7.23. The fraction of sp³-hybridized carbons (Fsp3) is 0.333. The number of amides is 3. The number of nitrogens with one attached hydrogen (secondary N) is 1. The topological polar surface area (TPSA) is 82.1 Å². The second-order valence-corrected chi connectivity index (χ2v) is 8.15. The number of hydrogen-bond acceptors (Lipinski definition) is 4. The van der Waals surface area contributed by atoms with Gasteiger partial charge in [-0.3, -0.25) is 4.79 Å². The first-order valence-electron chi connectivity index (χ1n) is 9.39. The predicted octanol–water partition coefficient (Wildman–Crippen LogP) is 2.66. The van der Waals surface area contributed by atoms with Crippen molar-refractivity contribution in [1.29, 1.82) is 0 Å². The standard InChI is InChI=1S/C21H22BrN3O4/c1-29-16-8-6-15(7-9-16)23-21(28)24-10-17-20(13-2-4-14(22)5-3-13)18(12-26)25(17)19(27)11-24/h2-9,17-18,20,26H,10-12H2,1H3,(H,23,28)/t17-,18-,20-/m1/s1. The van der Waals surface area contributed by atoms with Gasteiger partial charge in [-0.1, -0.05) is 28.1 Å². The Morgan fingerprint density at radius 2 is 1.90 bits per heavy atom. The third kappa shape index (κ3) is 3.70. The normalized spacial score (nSPS) is 23.3. The van der Waals surface area contributed by atoms with Crippen LogP contribution in [0.4, 0.5) is 10.5 Å². The minimum atomic E-state index is -0.315. The summed E-state index contributed by atoms with van der Waals surface area (Å²) < 4.78 is 6.09. The van der Waals surface area contributed by atoms with Gasteiger partial charge in [0, 0.05) is 22.6 Å². The molecule has 2 aliphatic heterocycles. The molecule has 2 aliphatic rings. The molecule has 3 amide bonds. The van der Waals surface area contributed by atoms with Crippen LogP contribution in [-0.4, -0.2) is 65.7 Å². The van der Waals surface area contributed by atoms with Crippen molar-refractivity contribution >= 4 is 33.6 Å². The molecule has 0 spiro atoms. The zero-order valence-electron chi connectivity index (χ0n) is 15.9. The molecule has 0 aliphatic carbocycles.